The molecular formula is C13H21BrO2Si. The van der Waals surface area contributed by atoms with E-state index in [1.807, 2.05) is 6.07 Å². The highest BCUT2D eigenvalue weighted by molar-refractivity contribution is 9.25. The van der Waals surface area contributed by atoms with E-state index >= 15 is 0 Å². The van der Waals surface area contributed by atoms with Crippen LogP contribution < -0.4 is 0 Å². The predicted octanol–water partition coefficient (Wildman–Crippen LogP) is 3.96. The van der Waals surface area contributed by atoms with E-state index in [0.717, 1.165) is 32.1 Å². The van der Waals surface area contributed by atoms with Gasteiger partial charge in [0.05, 0.1) is 0 Å². The molecule has 0 heterocycles. The van der Waals surface area contributed by atoms with Crippen LogP contribution >= 0.6 is 15.3 Å². The molecule has 0 spiro atoms. The van der Waals surface area contributed by atoms with Crippen molar-refractivity contribution in [1.29, 1.82) is 0 Å². The molecule has 17 heavy (non-hydrogen) atoms. The summed E-state index contributed by atoms with van der Waals surface area (Å²) < 4.78 is 11.8. The fourth-order valence-electron chi connectivity index (χ4n) is 1.49. The maximum Gasteiger partial charge on any atom is 0.418 e. The van der Waals surface area contributed by atoms with Crippen LogP contribution in [0.1, 0.15) is 32.3 Å². The van der Waals surface area contributed by atoms with Crippen molar-refractivity contribution in [2.24, 2.45) is 0 Å². The summed E-state index contributed by atoms with van der Waals surface area (Å²) in [6.07, 6.45) is 2.04. The molecule has 0 N–H and O–H groups in total. The maximum absolute atomic E-state index is 5.92. The van der Waals surface area contributed by atoms with Crippen LogP contribution in [0.2, 0.25) is 0 Å². The normalized spacial score (nSPS) is 11.7. The summed E-state index contributed by atoms with van der Waals surface area (Å²) >= 11 is 3.72. The molecule has 1 rings (SSSR count). The van der Waals surface area contributed by atoms with E-state index in [-0.39, 0.29) is 0 Å². The van der Waals surface area contributed by atoms with E-state index in [1.54, 1.807) is 0 Å². The molecule has 0 fully saturated rings. The van der Waals surface area contributed by atoms with Crippen LogP contribution in [0.5, 0.6) is 0 Å². The second-order valence-corrected chi connectivity index (χ2v) is 9.89. The second kappa shape index (κ2) is 8.03. The van der Waals surface area contributed by atoms with E-state index in [1.165, 1.54) is 5.56 Å². The third kappa shape index (κ3) is 5.81. The van der Waals surface area contributed by atoms with Crippen molar-refractivity contribution in [1.82, 2.24) is 0 Å². The average Bonchev–Trinajstić information content (AvgIpc) is 2.35. The van der Waals surface area contributed by atoms with E-state index < -0.39 is 7.18 Å². The molecule has 1 aromatic rings. The van der Waals surface area contributed by atoms with Gasteiger partial charge in [0.15, 0.2) is 0 Å². The van der Waals surface area contributed by atoms with Gasteiger partial charge in [-0.15, -0.1) is 0 Å². The summed E-state index contributed by atoms with van der Waals surface area (Å²) in [5.74, 6) is 0. The third-order valence-corrected chi connectivity index (χ3v) is 6.62. The van der Waals surface area contributed by atoms with E-state index in [2.05, 4.69) is 53.4 Å². The number of benzene rings is 1. The van der Waals surface area contributed by atoms with Crippen molar-refractivity contribution < 1.29 is 8.85 Å². The van der Waals surface area contributed by atoms with Crippen LogP contribution in [0.3, 0.4) is 0 Å². The van der Waals surface area contributed by atoms with Gasteiger partial charge in [-0.25, -0.2) is 0 Å². The maximum atomic E-state index is 5.92. The lowest BCUT2D eigenvalue weighted by Gasteiger charge is -2.24. The predicted molar refractivity (Wildman–Crippen MR) is 77.3 cm³/mol. The Hall–Kier alpha value is -0.163. The van der Waals surface area contributed by atoms with Gasteiger partial charge in [-0.05, 0) is 18.4 Å². The van der Waals surface area contributed by atoms with E-state index in [9.17, 15) is 0 Å². The minimum absolute atomic E-state index is 0.758. The molecule has 0 saturated carbocycles. The molecule has 0 radical (unpaired) electrons. The SMILES string of the molecule is CCCO[Si](Br)(Cc1ccccc1)OCCC. The summed E-state index contributed by atoms with van der Waals surface area (Å²) in [6.45, 7) is 5.75. The largest absolute Gasteiger partial charge is 0.418 e. The first-order chi connectivity index (χ1) is 8.20. The molecule has 0 saturated heterocycles. The number of hydrogen-bond donors (Lipinski definition) is 0. The molecule has 4 heteroatoms. The van der Waals surface area contributed by atoms with Crippen LogP contribution in [0.15, 0.2) is 30.3 Å². The summed E-state index contributed by atoms with van der Waals surface area (Å²) in [4.78, 5) is 0. The van der Waals surface area contributed by atoms with Crippen molar-refractivity contribution in [3.05, 3.63) is 35.9 Å². The molecule has 0 aliphatic heterocycles. The lowest BCUT2D eigenvalue weighted by atomic mass is 10.2. The first-order valence-electron chi connectivity index (χ1n) is 6.21. The Morgan fingerprint density at radius 2 is 1.53 bits per heavy atom. The molecule has 0 atom stereocenters. The smallest absolute Gasteiger partial charge is 0.386 e. The highest BCUT2D eigenvalue weighted by Gasteiger charge is 2.34. The lowest BCUT2D eigenvalue weighted by molar-refractivity contribution is 0.189. The van der Waals surface area contributed by atoms with E-state index in [0.29, 0.717) is 0 Å². The molecule has 0 bridgehead atoms. The zero-order valence-corrected chi connectivity index (χ0v) is 13.2. The van der Waals surface area contributed by atoms with Gasteiger partial charge in [-0.3, -0.25) is 0 Å². The minimum Gasteiger partial charge on any atom is -0.386 e. The van der Waals surface area contributed by atoms with Gasteiger partial charge in [-0.1, -0.05) is 59.5 Å². The Morgan fingerprint density at radius 1 is 1.00 bits per heavy atom. The summed E-state index contributed by atoms with van der Waals surface area (Å²) in [7, 11) is -2.22. The van der Waals surface area contributed by atoms with Gasteiger partial charge in [0.2, 0.25) is 0 Å². The molecule has 0 aliphatic carbocycles. The molecule has 96 valence electrons. The average molecular weight is 317 g/mol. The van der Waals surface area contributed by atoms with Crippen LogP contribution in [0, 0.1) is 0 Å². The van der Waals surface area contributed by atoms with Gasteiger partial charge in [-0.2, -0.15) is 0 Å². The molecule has 2 nitrogen and oxygen atoms in total. The van der Waals surface area contributed by atoms with Crippen molar-refractivity contribution in [2.45, 2.75) is 32.7 Å². The van der Waals surface area contributed by atoms with Crippen LogP contribution in [-0.4, -0.2) is 20.4 Å². The Kier molecular flexibility index (Phi) is 7.04. The highest BCUT2D eigenvalue weighted by atomic mass is 79.9. The summed E-state index contributed by atoms with van der Waals surface area (Å²) in [6, 6.07) is 11.2. The standard InChI is InChI=1S/C13H21BrO2Si/c1-3-10-15-17(14,16-11-4-2)12-13-8-6-5-7-9-13/h5-9H,3-4,10-12H2,1-2H3. The molecule has 0 unspecified atom stereocenters. The zero-order chi connectivity index (χ0) is 12.6. The Bertz CT molecular complexity index is 298. The Balaban J connectivity index is 2.61. The van der Waals surface area contributed by atoms with Gasteiger partial charge < -0.3 is 8.85 Å². The van der Waals surface area contributed by atoms with Crippen molar-refractivity contribution in [2.75, 3.05) is 13.2 Å². The summed E-state index contributed by atoms with van der Waals surface area (Å²) in [5, 5.41) is 0. The van der Waals surface area contributed by atoms with Gasteiger partial charge in [0, 0.05) is 19.3 Å². The number of rotatable bonds is 8. The lowest BCUT2D eigenvalue weighted by Crippen LogP contribution is -2.39. The van der Waals surface area contributed by atoms with Gasteiger partial charge in [0.25, 0.3) is 0 Å². The highest BCUT2D eigenvalue weighted by Crippen LogP contribution is 2.22. The molecule has 0 amide bonds. The monoisotopic (exact) mass is 316 g/mol. The molecule has 1 aromatic carbocycles. The van der Waals surface area contributed by atoms with Crippen LogP contribution in [-0.2, 0) is 14.9 Å². The van der Waals surface area contributed by atoms with Crippen molar-refractivity contribution in [3.8, 4) is 0 Å². The molecular weight excluding hydrogens is 296 g/mol. The van der Waals surface area contributed by atoms with Gasteiger partial charge in [0.1, 0.15) is 0 Å². The molecule has 0 aliphatic rings. The van der Waals surface area contributed by atoms with Crippen molar-refractivity contribution >= 4 is 22.5 Å². The van der Waals surface area contributed by atoms with Crippen LogP contribution in [0.25, 0.3) is 0 Å². The van der Waals surface area contributed by atoms with Crippen LogP contribution in [0.4, 0.5) is 0 Å². The zero-order valence-electron chi connectivity index (χ0n) is 10.6. The minimum atomic E-state index is -2.22. The third-order valence-electron chi connectivity index (χ3n) is 2.30. The number of hydrogen-bond acceptors (Lipinski definition) is 2. The fraction of sp³-hybridized carbons (Fsp3) is 0.538. The second-order valence-electron chi connectivity index (χ2n) is 4.02. The topological polar surface area (TPSA) is 18.5 Å². The summed E-state index contributed by atoms with van der Waals surface area (Å²) in [5.41, 5.74) is 1.27. The van der Waals surface area contributed by atoms with Gasteiger partial charge >= 0.3 is 7.18 Å². The quantitative estimate of drug-likeness (QED) is 0.534. The fourth-order valence-corrected chi connectivity index (χ4v) is 5.46. The Morgan fingerprint density at radius 3 is 2.00 bits per heavy atom. The first kappa shape index (κ1) is 14.9. The van der Waals surface area contributed by atoms with E-state index in [4.69, 9.17) is 8.85 Å². The Labute approximate surface area is 113 Å². The molecule has 0 aromatic heterocycles. The van der Waals surface area contributed by atoms with Crippen molar-refractivity contribution in [3.63, 3.8) is 0 Å². The first-order valence-corrected chi connectivity index (χ1v) is 10.5. The number of halogens is 1.